The van der Waals surface area contributed by atoms with Crippen LogP contribution in [0, 0.1) is 0 Å². The molecule has 1 aliphatic heterocycles. The zero-order valence-electron chi connectivity index (χ0n) is 10.5. The van der Waals surface area contributed by atoms with Gasteiger partial charge in [-0.3, -0.25) is 9.59 Å². The molecule has 0 bridgehead atoms. The standard InChI is InChI=1S/C14H16O4/c1-3-4-9-11(16)6-5-10-12(17)7-14(2,8-15)18-13(9)10/h5-6,8,16H,3-4,7H2,1-2H3. The van der Waals surface area contributed by atoms with Crippen LogP contribution < -0.4 is 4.74 Å². The molecule has 18 heavy (non-hydrogen) atoms. The van der Waals surface area contributed by atoms with Crippen LogP contribution in [0.4, 0.5) is 0 Å². The number of fused-ring (bicyclic) bond motifs is 1. The topological polar surface area (TPSA) is 63.6 Å². The Bertz CT molecular complexity index is 507. The van der Waals surface area contributed by atoms with Crippen LogP contribution in [0.3, 0.4) is 0 Å². The van der Waals surface area contributed by atoms with E-state index in [9.17, 15) is 14.7 Å². The number of phenolic OH excluding ortho intramolecular Hbond substituents is 1. The van der Waals surface area contributed by atoms with Crippen LogP contribution in [-0.4, -0.2) is 22.8 Å². The van der Waals surface area contributed by atoms with Gasteiger partial charge in [0, 0.05) is 5.56 Å². The van der Waals surface area contributed by atoms with Crippen molar-refractivity contribution in [3.63, 3.8) is 0 Å². The Balaban J connectivity index is 2.57. The molecule has 0 spiro atoms. The van der Waals surface area contributed by atoms with Crippen LogP contribution in [-0.2, 0) is 11.2 Å². The number of ether oxygens (including phenoxy) is 1. The predicted octanol–water partition coefficient (Wildman–Crippen LogP) is 2.27. The van der Waals surface area contributed by atoms with Gasteiger partial charge in [0.05, 0.1) is 12.0 Å². The highest BCUT2D eigenvalue weighted by Crippen LogP contribution is 2.39. The maximum absolute atomic E-state index is 12.0. The predicted molar refractivity (Wildman–Crippen MR) is 66.1 cm³/mol. The summed E-state index contributed by atoms with van der Waals surface area (Å²) < 4.78 is 5.65. The van der Waals surface area contributed by atoms with E-state index in [2.05, 4.69) is 0 Å². The van der Waals surface area contributed by atoms with Crippen molar-refractivity contribution in [2.24, 2.45) is 0 Å². The quantitative estimate of drug-likeness (QED) is 0.833. The number of Topliss-reactive ketones (excluding diaryl/α,β-unsaturated/α-hetero) is 1. The Hall–Kier alpha value is -1.84. The van der Waals surface area contributed by atoms with E-state index < -0.39 is 5.60 Å². The van der Waals surface area contributed by atoms with Crippen LogP contribution in [0.25, 0.3) is 0 Å². The smallest absolute Gasteiger partial charge is 0.171 e. The first-order chi connectivity index (χ1) is 8.50. The molecule has 96 valence electrons. The van der Waals surface area contributed by atoms with Gasteiger partial charge in [-0.25, -0.2) is 0 Å². The van der Waals surface area contributed by atoms with E-state index >= 15 is 0 Å². The van der Waals surface area contributed by atoms with Crippen LogP contribution >= 0.6 is 0 Å². The third-order valence-electron chi connectivity index (χ3n) is 3.13. The molecule has 1 aromatic rings. The summed E-state index contributed by atoms with van der Waals surface area (Å²) in [7, 11) is 0. The summed E-state index contributed by atoms with van der Waals surface area (Å²) in [6.45, 7) is 3.56. The number of rotatable bonds is 3. The minimum atomic E-state index is -1.12. The van der Waals surface area contributed by atoms with Gasteiger partial charge in [-0.05, 0) is 25.5 Å². The molecule has 0 aliphatic carbocycles. The van der Waals surface area contributed by atoms with E-state index in [1.54, 1.807) is 13.0 Å². The van der Waals surface area contributed by atoms with E-state index in [1.807, 2.05) is 6.92 Å². The zero-order chi connectivity index (χ0) is 13.3. The molecule has 1 aromatic carbocycles. The maximum Gasteiger partial charge on any atom is 0.171 e. The minimum absolute atomic E-state index is 0.0415. The normalized spacial score (nSPS) is 22.2. The van der Waals surface area contributed by atoms with Crippen LogP contribution in [0.1, 0.15) is 42.6 Å². The van der Waals surface area contributed by atoms with E-state index in [1.165, 1.54) is 6.07 Å². The molecular weight excluding hydrogens is 232 g/mol. The number of aldehydes is 1. The molecular formula is C14H16O4. The lowest BCUT2D eigenvalue weighted by molar-refractivity contribution is -0.120. The molecule has 1 aliphatic rings. The van der Waals surface area contributed by atoms with Gasteiger partial charge in [-0.2, -0.15) is 0 Å². The Labute approximate surface area is 106 Å². The maximum atomic E-state index is 12.0. The second kappa shape index (κ2) is 4.44. The number of benzene rings is 1. The molecule has 2 rings (SSSR count). The Morgan fingerprint density at radius 2 is 2.22 bits per heavy atom. The molecule has 1 atom stereocenters. The molecule has 4 heteroatoms. The lowest BCUT2D eigenvalue weighted by Crippen LogP contribution is -2.41. The van der Waals surface area contributed by atoms with E-state index in [4.69, 9.17) is 4.74 Å². The lowest BCUT2D eigenvalue weighted by atomic mass is 9.90. The van der Waals surface area contributed by atoms with Crippen LogP contribution in [0.2, 0.25) is 0 Å². The highest BCUT2D eigenvalue weighted by Gasteiger charge is 2.37. The van der Waals surface area contributed by atoms with Crippen LogP contribution in [0.15, 0.2) is 12.1 Å². The largest absolute Gasteiger partial charge is 0.508 e. The van der Waals surface area contributed by atoms with Gasteiger partial charge in [0.2, 0.25) is 0 Å². The molecule has 1 heterocycles. The van der Waals surface area contributed by atoms with Gasteiger partial charge in [-0.15, -0.1) is 0 Å². The monoisotopic (exact) mass is 248 g/mol. The van der Waals surface area contributed by atoms with Crippen molar-refractivity contribution in [3.05, 3.63) is 23.3 Å². The molecule has 1 N–H and O–H groups in total. The first-order valence-corrected chi connectivity index (χ1v) is 6.04. The molecule has 0 radical (unpaired) electrons. The van der Waals surface area contributed by atoms with Crippen molar-refractivity contribution in [1.82, 2.24) is 0 Å². The van der Waals surface area contributed by atoms with Crippen molar-refractivity contribution >= 4 is 12.1 Å². The SMILES string of the molecule is CCCc1c(O)ccc2c1OC(C)(C=O)CC2=O. The first kappa shape index (κ1) is 12.6. The summed E-state index contributed by atoms with van der Waals surface area (Å²) in [5.74, 6) is 0.351. The number of carbonyl (C=O) groups excluding carboxylic acids is 2. The molecule has 0 amide bonds. The van der Waals surface area contributed by atoms with E-state index in [0.717, 1.165) is 6.42 Å². The number of carbonyl (C=O) groups is 2. The Morgan fingerprint density at radius 1 is 1.50 bits per heavy atom. The third kappa shape index (κ3) is 1.98. The zero-order valence-corrected chi connectivity index (χ0v) is 10.5. The van der Waals surface area contributed by atoms with Crippen molar-refractivity contribution < 1.29 is 19.4 Å². The molecule has 0 saturated heterocycles. The minimum Gasteiger partial charge on any atom is -0.508 e. The van der Waals surface area contributed by atoms with Gasteiger partial charge in [0.1, 0.15) is 11.5 Å². The molecule has 0 saturated carbocycles. The van der Waals surface area contributed by atoms with Crippen molar-refractivity contribution in [2.75, 3.05) is 0 Å². The molecule has 1 unspecified atom stereocenters. The fourth-order valence-electron chi connectivity index (χ4n) is 2.19. The summed E-state index contributed by atoms with van der Waals surface area (Å²) in [6.07, 6.45) is 2.12. The number of ketones is 1. The fraction of sp³-hybridized carbons (Fsp3) is 0.429. The van der Waals surface area contributed by atoms with Crippen molar-refractivity contribution in [1.29, 1.82) is 0 Å². The summed E-state index contributed by atoms with van der Waals surface area (Å²) in [6, 6.07) is 3.06. The summed E-state index contributed by atoms with van der Waals surface area (Å²) in [5, 5.41) is 9.85. The van der Waals surface area contributed by atoms with Gasteiger partial charge < -0.3 is 9.84 Å². The number of phenols is 1. The average molecular weight is 248 g/mol. The molecule has 0 fully saturated rings. The average Bonchev–Trinajstić information content (AvgIpc) is 2.33. The van der Waals surface area contributed by atoms with Gasteiger partial charge in [-0.1, -0.05) is 13.3 Å². The summed E-state index contributed by atoms with van der Waals surface area (Å²) in [5.41, 5.74) is -0.0629. The van der Waals surface area contributed by atoms with Gasteiger partial charge >= 0.3 is 0 Å². The van der Waals surface area contributed by atoms with Crippen molar-refractivity contribution in [3.8, 4) is 11.5 Å². The van der Waals surface area contributed by atoms with Gasteiger partial charge in [0.15, 0.2) is 17.7 Å². The highest BCUT2D eigenvalue weighted by molar-refractivity contribution is 6.02. The van der Waals surface area contributed by atoms with Crippen LogP contribution in [0.5, 0.6) is 11.5 Å². The molecule has 0 aromatic heterocycles. The van der Waals surface area contributed by atoms with E-state index in [-0.39, 0.29) is 18.0 Å². The number of hydrogen-bond acceptors (Lipinski definition) is 4. The van der Waals surface area contributed by atoms with E-state index in [0.29, 0.717) is 29.6 Å². The number of aromatic hydroxyl groups is 1. The lowest BCUT2D eigenvalue weighted by Gasteiger charge is -2.31. The Kier molecular flexibility index (Phi) is 3.11. The fourth-order valence-corrected chi connectivity index (χ4v) is 2.19. The highest BCUT2D eigenvalue weighted by atomic mass is 16.5. The summed E-state index contributed by atoms with van der Waals surface area (Å²) >= 11 is 0. The Morgan fingerprint density at radius 3 is 2.83 bits per heavy atom. The first-order valence-electron chi connectivity index (χ1n) is 6.04. The second-order valence-corrected chi connectivity index (χ2v) is 4.82. The number of hydrogen-bond donors (Lipinski definition) is 1. The van der Waals surface area contributed by atoms with Crippen molar-refractivity contribution in [2.45, 2.75) is 38.7 Å². The van der Waals surface area contributed by atoms with Gasteiger partial charge in [0.25, 0.3) is 0 Å². The third-order valence-corrected chi connectivity index (χ3v) is 3.13. The second-order valence-electron chi connectivity index (χ2n) is 4.82. The molecule has 4 nitrogen and oxygen atoms in total. The summed E-state index contributed by atoms with van der Waals surface area (Å²) in [4.78, 5) is 23.1.